The van der Waals surface area contributed by atoms with Crippen molar-refractivity contribution in [3.05, 3.63) is 192 Å². The molecule has 0 bridgehead atoms. The van der Waals surface area contributed by atoms with Crippen LogP contribution in [-0.2, 0) is 0 Å². The predicted octanol–water partition coefficient (Wildman–Crippen LogP) is 10.7. The van der Waals surface area contributed by atoms with Crippen LogP contribution in [0.4, 0.5) is 0 Å². The Bertz CT molecular complexity index is 4160. The van der Waals surface area contributed by atoms with Crippen LogP contribution in [0.15, 0.2) is 170 Å². The average Bonchev–Trinajstić information content (AvgIpc) is 4.43. The number of carbonyl (C=O) groups excluding carboxylic acids is 4. The largest absolute Gasteiger partial charge is 0.352 e. The molecule has 4 heterocycles. The number of hydrogen-bond acceptors (Lipinski definition) is 10. The molecule has 8 aromatic carbocycles. The van der Waals surface area contributed by atoms with Crippen molar-refractivity contribution < 1.29 is 19.2 Å². The fourth-order valence-electron chi connectivity index (χ4n) is 10.3. The van der Waals surface area contributed by atoms with E-state index in [2.05, 4.69) is 89.7 Å². The van der Waals surface area contributed by atoms with Crippen LogP contribution in [0.5, 0.6) is 0 Å². The van der Waals surface area contributed by atoms with E-state index in [4.69, 9.17) is 19.9 Å². The highest BCUT2D eigenvalue weighted by atomic mass is 16.2. The highest BCUT2D eigenvalue weighted by molar-refractivity contribution is 5.98. The van der Waals surface area contributed by atoms with E-state index in [0.29, 0.717) is 72.9 Å². The first-order chi connectivity index (χ1) is 41.8. The zero-order valence-electron chi connectivity index (χ0n) is 48.1. The number of aromatic nitrogens is 8. The lowest BCUT2D eigenvalue weighted by Gasteiger charge is -2.10. The Morgan fingerprint density at radius 3 is 0.767 bits per heavy atom. The summed E-state index contributed by atoms with van der Waals surface area (Å²) in [5.74, 6) is 2.30. The summed E-state index contributed by atoms with van der Waals surface area (Å²) in [5, 5.41) is 11.9. The third-order valence-electron chi connectivity index (χ3n) is 15.1. The Hall–Kier alpha value is -10.6. The van der Waals surface area contributed by atoms with Gasteiger partial charge in [-0.2, -0.15) is 0 Å². The fraction of sp³-hybridized carbons (Fsp3) is 0.176. The molecule has 0 saturated carbocycles. The van der Waals surface area contributed by atoms with Crippen molar-refractivity contribution in [1.29, 1.82) is 0 Å². The maximum absolute atomic E-state index is 13.1. The molecular formula is C68H64N14O4. The number of nitrogens with zero attached hydrogens (tertiary/aromatic N) is 6. The van der Waals surface area contributed by atoms with Gasteiger partial charge in [-0.05, 0) is 160 Å². The van der Waals surface area contributed by atoms with E-state index in [-0.39, 0.29) is 23.6 Å². The van der Waals surface area contributed by atoms with Gasteiger partial charge in [0.25, 0.3) is 23.6 Å². The average molecular weight is 1140 g/mol. The van der Waals surface area contributed by atoms with Gasteiger partial charge in [-0.15, -0.1) is 0 Å². The van der Waals surface area contributed by atoms with Crippen molar-refractivity contribution in [3.63, 3.8) is 0 Å². The minimum absolute atomic E-state index is 0.102. The van der Waals surface area contributed by atoms with Gasteiger partial charge in [0.15, 0.2) is 0 Å². The van der Waals surface area contributed by atoms with E-state index in [0.717, 1.165) is 113 Å². The van der Waals surface area contributed by atoms with E-state index >= 15 is 0 Å². The molecule has 0 unspecified atom stereocenters. The van der Waals surface area contributed by atoms with Gasteiger partial charge >= 0.3 is 0 Å². The lowest BCUT2D eigenvalue weighted by atomic mass is 10.0. The summed E-state index contributed by atoms with van der Waals surface area (Å²) >= 11 is 0. The number of carbonyl (C=O) groups is 4. The van der Waals surface area contributed by atoms with Crippen LogP contribution in [0.1, 0.15) is 54.3 Å². The molecule has 12 rings (SSSR count). The number of benzene rings is 8. The Morgan fingerprint density at radius 2 is 0.535 bits per heavy atom. The van der Waals surface area contributed by atoms with Gasteiger partial charge in [-0.25, -0.2) is 19.9 Å². The maximum Gasteiger partial charge on any atom is 0.251 e. The van der Waals surface area contributed by atoms with Crippen LogP contribution in [0, 0.1) is 0 Å². The van der Waals surface area contributed by atoms with Gasteiger partial charge in [0.2, 0.25) is 0 Å². The summed E-state index contributed by atoms with van der Waals surface area (Å²) in [6.07, 6.45) is 1.38. The first-order valence-electron chi connectivity index (χ1n) is 28.7. The number of aromatic amines is 4. The molecule has 0 fully saturated rings. The quantitative estimate of drug-likeness (QED) is 0.0317. The number of H-pyrrole nitrogens is 4. The fourth-order valence-corrected chi connectivity index (χ4v) is 10.3. The molecule has 12 aromatic rings. The van der Waals surface area contributed by atoms with Crippen molar-refractivity contribution in [2.24, 2.45) is 0 Å². The SMILES string of the molecule is CN(C)CCNC(=O)c1ccc(-c2nc3cc(-c4ccc5[nH]c(-c6ccc(C(=O)NCCCCNC(=O)c7ccc(-c8nc9cc(-c%10ccc%11[nH]c(-c%12ccc(C(=O)NCCN(C)C)cc%12)nc%11c%10)ccc9[nH]8)cc7)cc6)nc5c4)ccc3[nH]2)cc1. The first-order valence-corrected chi connectivity index (χ1v) is 28.7. The summed E-state index contributed by atoms with van der Waals surface area (Å²) in [7, 11) is 7.89. The molecule has 4 aromatic heterocycles. The normalized spacial score (nSPS) is 11.6. The number of imidazole rings is 4. The molecule has 18 heteroatoms. The summed E-state index contributed by atoms with van der Waals surface area (Å²) < 4.78 is 0. The number of rotatable bonds is 21. The lowest BCUT2D eigenvalue weighted by Crippen LogP contribution is -2.31. The third kappa shape index (κ3) is 12.7. The molecule has 0 saturated heterocycles. The summed E-state index contributed by atoms with van der Waals surface area (Å²) in [6.45, 7) is 3.63. The van der Waals surface area contributed by atoms with Crippen LogP contribution in [-0.4, -0.2) is 141 Å². The van der Waals surface area contributed by atoms with Gasteiger partial charge in [-0.1, -0.05) is 72.8 Å². The number of unbranched alkanes of at least 4 members (excludes halogenated alkanes) is 1. The molecule has 0 radical (unpaired) electrons. The third-order valence-corrected chi connectivity index (χ3v) is 15.1. The topological polar surface area (TPSA) is 238 Å². The van der Waals surface area contributed by atoms with Crippen LogP contribution >= 0.6 is 0 Å². The van der Waals surface area contributed by atoms with Crippen LogP contribution in [0.25, 0.3) is 112 Å². The molecule has 8 N–H and O–H groups in total. The summed E-state index contributed by atoms with van der Waals surface area (Å²) in [4.78, 5) is 88.7. The molecule has 430 valence electrons. The summed E-state index contributed by atoms with van der Waals surface area (Å²) in [6, 6.07) is 54.2. The molecule has 4 amide bonds. The second kappa shape index (κ2) is 24.7. The number of nitrogens with one attached hydrogen (secondary N) is 8. The minimum atomic E-state index is -0.171. The molecule has 0 aliphatic carbocycles. The highest BCUT2D eigenvalue weighted by Crippen LogP contribution is 2.32. The zero-order chi connectivity index (χ0) is 59.3. The van der Waals surface area contributed by atoms with Gasteiger partial charge in [-0.3, -0.25) is 19.2 Å². The van der Waals surface area contributed by atoms with Crippen molar-refractivity contribution in [2.45, 2.75) is 12.8 Å². The maximum atomic E-state index is 13.1. The van der Waals surface area contributed by atoms with Gasteiger partial charge in [0.05, 0.1) is 44.1 Å². The predicted molar refractivity (Wildman–Crippen MR) is 340 cm³/mol. The molecule has 0 aliphatic rings. The number of amides is 4. The van der Waals surface area contributed by atoms with Crippen LogP contribution in [0.2, 0.25) is 0 Å². The van der Waals surface area contributed by atoms with Crippen LogP contribution in [0.3, 0.4) is 0 Å². The highest BCUT2D eigenvalue weighted by Gasteiger charge is 2.16. The number of likely N-dealkylation sites (N-methyl/N-ethyl adjacent to an activating group) is 2. The number of fused-ring (bicyclic) bond motifs is 4. The van der Waals surface area contributed by atoms with Gasteiger partial charge < -0.3 is 51.0 Å². The van der Waals surface area contributed by atoms with Gasteiger partial charge in [0.1, 0.15) is 23.3 Å². The molecule has 0 atom stereocenters. The Morgan fingerprint density at radius 1 is 0.314 bits per heavy atom. The minimum Gasteiger partial charge on any atom is -0.352 e. The van der Waals surface area contributed by atoms with Crippen molar-refractivity contribution in [2.75, 3.05) is 67.5 Å². The van der Waals surface area contributed by atoms with E-state index in [9.17, 15) is 19.2 Å². The van der Waals surface area contributed by atoms with Crippen molar-refractivity contribution in [1.82, 2.24) is 70.9 Å². The molecule has 0 aliphatic heterocycles. The summed E-state index contributed by atoms with van der Waals surface area (Å²) in [5.41, 5.74) is 16.7. The van der Waals surface area contributed by atoms with E-state index in [1.54, 1.807) is 24.3 Å². The van der Waals surface area contributed by atoms with Gasteiger partial charge in [0, 0.05) is 83.8 Å². The molecule has 18 nitrogen and oxygen atoms in total. The smallest absolute Gasteiger partial charge is 0.251 e. The van der Waals surface area contributed by atoms with E-state index < -0.39 is 0 Å². The van der Waals surface area contributed by atoms with E-state index in [1.807, 2.05) is 135 Å². The Balaban J connectivity index is 0.588. The zero-order valence-corrected chi connectivity index (χ0v) is 48.1. The molecular weight excluding hydrogens is 1080 g/mol. The molecule has 0 spiro atoms. The monoisotopic (exact) mass is 1140 g/mol. The van der Waals surface area contributed by atoms with Crippen molar-refractivity contribution >= 4 is 67.8 Å². The number of hydrogen-bond donors (Lipinski definition) is 8. The standard InChI is InChI=1S/C68H64N14O4/c1-81(2)35-33-71-67(85)47-19-11-43(12-20-47)63-75-55-29-25-51(39-59(55)79-63)49-23-27-53-57(37-49)77-61(73-53)41-7-15-45(16-8-41)65(83)69-31-5-6-32-70-66(84)46-17-9-42(10-18-46)62-74-54-28-24-50(38-58(54)78-62)52-26-30-56-60(40-52)80-64(76-56)44-13-21-48(22-14-44)68(86)72-34-36-82(3)4/h7-30,37-40H,5-6,31-36H2,1-4H3,(H,69,83)(H,70,84)(H,71,85)(H,72,86)(H,73,77)(H,74,78)(H,75,79)(H,76,80). The van der Waals surface area contributed by atoms with Crippen molar-refractivity contribution in [3.8, 4) is 67.8 Å². The second-order valence-corrected chi connectivity index (χ2v) is 21.9. The first kappa shape index (κ1) is 55.9. The second-order valence-electron chi connectivity index (χ2n) is 21.9. The Labute approximate surface area is 495 Å². The van der Waals surface area contributed by atoms with Crippen LogP contribution < -0.4 is 21.3 Å². The van der Waals surface area contributed by atoms with E-state index in [1.165, 1.54) is 0 Å². The lowest BCUT2D eigenvalue weighted by molar-refractivity contribution is 0.0939. The molecule has 86 heavy (non-hydrogen) atoms. The Kier molecular flexibility index (Phi) is 16.1.